The molecule has 0 aliphatic rings. The van der Waals surface area contributed by atoms with Gasteiger partial charge in [-0.2, -0.15) is 0 Å². The Labute approximate surface area is 199 Å². The molecule has 34 heavy (non-hydrogen) atoms. The van der Waals surface area contributed by atoms with E-state index in [2.05, 4.69) is 0 Å². The summed E-state index contributed by atoms with van der Waals surface area (Å²) in [7, 11) is 2.73. The number of hydrogen-bond acceptors (Lipinski definition) is 8. The van der Waals surface area contributed by atoms with E-state index >= 15 is 0 Å². The Kier molecular flexibility index (Phi) is 8.42. The third-order valence-electron chi connectivity index (χ3n) is 6.29. The van der Waals surface area contributed by atoms with Crippen LogP contribution in [0.5, 0.6) is 34.5 Å². The number of methoxy groups -OCH3 is 2. The number of ether oxygens (including phenoxy) is 2. The molecule has 2 rings (SSSR count). The number of carbonyl (C=O) groups excluding carboxylic acids is 2. The van der Waals surface area contributed by atoms with E-state index in [1.807, 2.05) is 13.8 Å². The summed E-state index contributed by atoms with van der Waals surface area (Å²) in [6.07, 6.45) is 1.02. The number of phenolic OH excluding ortho intramolecular Hbond substituents is 4. The van der Waals surface area contributed by atoms with Gasteiger partial charge in [0, 0.05) is 41.0 Å². The predicted molar refractivity (Wildman–Crippen MR) is 128 cm³/mol. The van der Waals surface area contributed by atoms with Crippen LogP contribution in [0.3, 0.4) is 0 Å². The molecule has 2 aromatic carbocycles. The van der Waals surface area contributed by atoms with Crippen LogP contribution in [-0.4, -0.2) is 46.2 Å². The highest BCUT2D eigenvalue weighted by Gasteiger charge is 2.32. The van der Waals surface area contributed by atoms with E-state index in [0.717, 1.165) is 0 Å². The molecule has 2 aromatic rings. The van der Waals surface area contributed by atoms with Gasteiger partial charge in [-0.15, -0.1) is 0 Å². The van der Waals surface area contributed by atoms with Crippen molar-refractivity contribution in [2.75, 3.05) is 14.2 Å². The molecule has 0 aliphatic heterocycles. The van der Waals surface area contributed by atoms with Crippen molar-refractivity contribution in [2.45, 2.75) is 60.3 Å². The van der Waals surface area contributed by atoms with Crippen molar-refractivity contribution in [2.24, 2.45) is 5.92 Å². The van der Waals surface area contributed by atoms with Gasteiger partial charge >= 0.3 is 0 Å². The zero-order chi connectivity index (χ0) is 25.9. The molecule has 0 saturated carbocycles. The van der Waals surface area contributed by atoms with E-state index in [4.69, 9.17) is 9.47 Å². The molecule has 0 spiro atoms. The van der Waals surface area contributed by atoms with E-state index in [1.54, 1.807) is 13.8 Å². The third kappa shape index (κ3) is 4.49. The first kappa shape index (κ1) is 26.8. The maximum atomic E-state index is 12.9. The number of benzene rings is 2. The minimum atomic E-state index is -0.581. The van der Waals surface area contributed by atoms with Crippen molar-refractivity contribution in [3.63, 3.8) is 0 Å². The number of rotatable bonds is 10. The average molecular weight is 475 g/mol. The number of carbonyl (C=O) groups is 2. The highest BCUT2D eigenvalue weighted by atomic mass is 16.5. The van der Waals surface area contributed by atoms with Gasteiger partial charge in [-0.05, 0) is 26.7 Å². The second kappa shape index (κ2) is 10.7. The number of phenols is 4. The first-order valence-corrected chi connectivity index (χ1v) is 11.3. The van der Waals surface area contributed by atoms with Crippen LogP contribution in [0.2, 0.25) is 0 Å². The van der Waals surface area contributed by atoms with E-state index < -0.39 is 28.9 Å². The molecule has 1 unspecified atom stereocenters. The molecule has 8 heteroatoms. The molecule has 0 heterocycles. The van der Waals surface area contributed by atoms with Gasteiger partial charge < -0.3 is 29.9 Å². The number of aromatic hydroxyl groups is 4. The first-order valence-electron chi connectivity index (χ1n) is 11.3. The first-order chi connectivity index (χ1) is 16.0. The van der Waals surface area contributed by atoms with Crippen LogP contribution in [0.4, 0.5) is 0 Å². The van der Waals surface area contributed by atoms with Crippen molar-refractivity contribution in [3.05, 3.63) is 33.4 Å². The largest absolute Gasteiger partial charge is 0.507 e. The highest BCUT2D eigenvalue weighted by molar-refractivity contribution is 6.04. The van der Waals surface area contributed by atoms with Gasteiger partial charge in [0.25, 0.3) is 0 Å². The lowest BCUT2D eigenvalue weighted by Crippen LogP contribution is -2.13. The van der Waals surface area contributed by atoms with Crippen molar-refractivity contribution in [1.29, 1.82) is 0 Å². The molecular weight excluding hydrogens is 440 g/mol. The maximum Gasteiger partial charge on any atom is 0.173 e. The Morgan fingerprint density at radius 2 is 1.35 bits per heavy atom. The quantitative estimate of drug-likeness (QED) is 0.356. The van der Waals surface area contributed by atoms with E-state index in [1.165, 1.54) is 21.1 Å². The molecule has 0 saturated heterocycles. The lowest BCUT2D eigenvalue weighted by atomic mass is 9.88. The SMILES string of the molecule is CCCC(=O)c1c(OC)c(C)c(O)c(Cc2c(O)c(C)c(O)c(C(=O)C(C)CC)c2O)c1OC. The van der Waals surface area contributed by atoms with Crippen LogP contribution < -0.4 is 9.47 Å². The zero-order valence-electron chi connectivity index (χ0n) is 20.8. The Morgan fingerprint density at radius 3 is 1.85 bits per heavy atom. The molecule has 0 fully saturated rings. The summed E-state index contributed by atoms with van der Waals surface area (Å²) in [4.78, 5) is 25.8. The van der Waals surface area contributed by atoms with Crippen LogP contribution in [0.1, 0.15) is 83.0 Å². The van der Waals surface area contributed by atoms with E-state index in [0.29, 0.717) is 18.4 Å². The summed E-state index contributed by atoms with van der Waals surface area (Å²) in [6, 6.07) is 0. The van der Waals surface area contributed by atoms with Gasteiger partial charge in [-0.3, -0.25) is 9.59 Å². The van der Waals surface area contributed by atoms with Crippen LogP contribution in [0.25, 0.3) is 0 Å². The molecular formula is C26H34O8. The van der Waals surface area contributed by atoms with Gasteiger partial charge in [0.15, 0.2) is 11.6 Å². The Bertz CT molecular complexity index is 1120. The van der Waals surface area contributed by atoms with Crippen molar-refractivity contribution in [1.82, 2.24) is 0 Å². The monoisotopic (exact) mass is 474 g/mol. The fraction of sp³-hybridized carbons (Fsp3) is 0.462. The Morgan fingerprint density at radius 1 is 0.794 bits per heavy atom. The zero-order valence-corrected chi connectivity index (χ0v) is 20.8. The molecule has 1 atom stereocenters. The molecule has 186 valence electrons. The summed E-state index contributed by atoms with van der Waals surface area (Å²) >= 11 is 0. The average Bonchev–Trinajstić information content (AvgIpc) is 2.82. The summed E-state index contributed by atoms with van der Waals surface area (Å²) in [5, 5.41) is 43.3. The molecule has 0 bridgehead atoms. The van der Waals surface area contributed by atoms with Gasteiger partial charge in [-0.25, -0.2) is 0 Å². The normalized spacial score (nSPS) is 11.9. The fourth-order valence-electron chi connectivity index (χ4n) is 4.04. The summed E-state index contributed by atoms with van der Waals surface area (Å²) < 4.78 is 10.9. The van der Waals surface area contributed by atoms with Crippen LogP contribution in [0.15, 0.2) is 0 Å². The van der Waals surface area contributed by atoms with Crippen molar-refractivity contribution >= 4 is 11.6 Å². The van der Waals surface area contributed by atoms with Crippen LogP contribution >= 0.6 is 0 Å². The molecule has 0 radical (unpaired) electrons. The number of hydrogen-bond donors (Lipinski definition) is 4. The van der Waals surface area contributed by atoms with E-state index in [-0.39, 0.29) is 63.7 Å². The summed E-state index contributed by atoms with van der Waals surface area (Å²) in [6.45, 7) is 8.35. The third-order valence-corrected chi connectivity index (χ3v) is 6.29. The molecule has 0 aromatic heterocycles. The summed E-state index contributed by atoms with van der Waals surface area (Å²) in [5.41, 5.74) is 0.244. The lowest BCUT2D eigenvalue weighted by molar-refractivity contribution is 0.0920. The Balaban J connectivity index is 2.87. The van der Waals surface area contributed by atoms with Crippen LogP contribution in [-0.2, 0) is 6.42 Å². The second-order valence-electron chi connectivity index (χ2n) is 8.44. The molecule has 0 amide bonds. The topological polar surface area (TPSA) is 134 Å². The molecule has 8 nitrogen and oxygen atoms in total. The highest BCUT2D eigenvalue weighted by Crippen LogP contribution is 2.48. The molecule has 4 N–H and O–H groups in total. The Hall–Kier alpha value is -3.42. The van der Waals surface area contributed by atoms with Crippen molar-refractivity contribution in [3.8, 4) is 34.5 Å². The number of Topliss-reactive ketones (excluding diaryl/α,β-unsaturated/α-hetero) is 2. The smallest absolute Gasteiger partial charge is 0.173 e. The lowest BCUT2D eigenvalue weighted by Gasteiger charge is -2.22. The fourth-order valence-corrected chi connectivity index (χ4v) is 4.04. The van der Waals surface area contributed by atoms with E-state index in [9.17, 15) is 30.0 Å². The van der Waals surface area contributed by atoms with Gasteiger partial charge in [-0.1, -0.05) is 20.8 Å². The second-order valence-corrected chi connectivity index (χ2v) is 8.44. The standard InChI is InChI=1S/C26H34O8/c1-8-10-17(27)18-25(33-6)14(5)22(30)16(26(18)34-7)11-15-21(29)13(4)23(31)19(24(15)32)20(28)12(3)9-2/h12,29-32H,8-11H2,1-7H3. The molecule has 0 aliphatic carbocycles. The minimum absolute atomic E-state index is 0.0189. The van der Waals surface area contributed by atoms with Crippen molar-refractivity contribution < 1.29 is 39.5 Å². The summed E-state index contributed by atoms with van der Waals surface area (Å²) in [5.74, 6) is -2.69. The maximum absolute atomic E-state index is 12.9. The van der Waals surface area contributed by atoms with Gasteiger partial charge in [0.1, 0.15) is 45.6 Å². The minimum Gasteiger partial charge on any atom is -0.507 e. The van der Waals surface area contributed by atoms with Crippen LogP contribution in [0, 0.1) is 19.8 Å². The van der Waals surface area contributed by atoms with Gasteiger partial charge in [0.05, 0.1) is 14.2 Å². The predicted octanol–water partition coefficient (Wildman–Crippen LogP) is 4.95. The van der Waals surface area contributed by atoms with Gasteiger partial charge in [0.2, 0.25) is 0 Å². The number of ketones is 2.